The molecule has 0 aliphatic heterocycles. The Hall–Kier alpha value is -1.71. The van der Waals surface area contributed by atoms with Crippen LogP contribution in [-0.4, -0.2) is 17.2 Å². The summed E-state index contributed by atoms with van der Waals surface area (Å²) in [6.07, 6.45) is 1.36. The molecule has 0 saturated heterocycles. The minimum atomic E-state index is -0.770. The van der Waals surface area contributed by atoms with Gasteiger partial charge in [0.05, 0.1) is 11.1 Å². The SMILES string of the molecule is NC(=O)NN=Cc1ccc([N+](=O)[O-])cc1I. The van der Waals surface area contributed by atoms with Crippen molar-refractivity contribution in [1.82, 2.24) is 5.43 Å². The van der Waals surface area contributed by atoms with E-state index in [9.17, 15) is 14.9 Å². The molecule has 16 heavy (non-hydrogen) atoms. The van der Waals surface area contributed by atoms with Crippen LogP contribution in [0.3, 0.4) is 0 Å². The number of rotatable bonds is 3. The zero-order chi connectivity index (χ0) is 12.1. The molecule has 0 heterocycles. The molecule has 1 aromatic rings. The molecular formula is C8H7IN4O3. The summed E-state index contributed by atoms with van der Waals surface area (Å²) in [6.45, 7) is 0. The molecule has 0 aliphatic carbocycles. The average molecular weight is 334 g/mol. The number of nitrogens with zero attached hydrogens (tertiary/aromatic N) is 2. The molecular weight excluding hydrogens is 327 g/mol. The summed E-state index contributed by atoms with van der Waals surface area (Å²) in [5.74, 6) is 0. The van der Waals surface area contributed by atoms with Crippen molar-refractivity contribution in [3.8, 4) is 0 Å². The average Bonchev–Trinajstić information content (AvgIpc) is 2.19. The van der Waals surface area contributed by atoms with Gasteiger partial charge in [-0.3, -0.25) is 10.1 Å². The van der Waals surface area contributed by atoms with Gasteiger partial charge in [0, 0.05) is 21.3 Å². The lowest BCUT2D eigenvalue weighted by Crippen LogP contribution is -2.24. The van der Waals surface area contributed by atoms with Crippen LogP contribution in [0.2, 0.25) is 0 Å². The molecule has 0 radical (unpaired) electrons. The smallest absolute Gasteiger partial charge is 0.332 e. The van der Waals surface area contributed by atoms with E-state index in [1.807, 2.05) is 28.0 Å². The van der Waals surface area contributed by atoms with Gasteiger partial charge in [-0.05, 0) is 28.7 Å². The summed E-state index contributed by atoms with van der Waals surface area (Å²) < 4.78 is 0.654. The third-order valence-corrected chi connectivity index (χ3v) is 2.51. The minimum absolute atomic E-state index is 0.00408. The number of urea groups is 1. The first kappa shape index (κ1) is 12.4. The van der Waals surface area contributed by atoms with Crippen LogP contribution in [0.15, 0.2) is 23.3 Å². The van der Waals surface area contributed by atoms with Gasteiger partial charge in [0.1, 0.15) is 0 Å². The predicted molar refractivity (Wildman–Crippen MR) is 66.1 cm³/mol. The number of amides is 2. The summed E-state index contributed by atoms with van der Waals surface area (Å²) in [5, 5.41) is 14.0. The highest BCUT2D eigenvalue weighted by Crippen LogP contribution is 2.18. The topological polar surface area (TPSA) is 111 Å². The highest BCUT2D eigenvalue weighted by atomic mass is 127. The van der Waals surface area contributed by atoms with E-state index in [0.29, 0.717) is 9.13 Å². The molecule has 1 rings (SSSR count). The number of nitrogens with two attached hydrogens (primary N) is 1. The van der Waals surface area contributed by atoms with Crippen molar-refractivity contribution < 1.29 is 9.72 Å². The van der Waals surface area contributed by atoms with Crippen LogP contribution in [0.25, 0.3) is 0 Å². The number of primary amides is 1. The van der Waals surface area contributed by atoms with E-state index in [4.69, 9.17) is 5.73 Å². The third-order valence-electron chi connectivity index (χ3n) is 1.57. The summed E-state index contributed by atoms with van der Waals surface area (Å²) in [4.78, 5) is 20.3. The number of hydrogen-bond donors (Lipinski definition) is 2. The first-order valence-corrected chi connectivity index (χ1v) is 5.11. The van der Waals surface area contributed by atoms with E-state index in [1.54, 1.807) is 0 Å². The second kappa shape index (κ2) is 5.39. The van der Waals surface area contributed by atoms with Crippen molar-refractivity contribution in [2.75, 3.05) is 0 Å². The number of hydrazone groups is 1. The van der Waals surface area contributed by atoms with Crippen molar-refractivity contribution in [3.05, 3.63) is 37.4 Å². The monoisotopic (exact) mass is 334 g/mol. The molecule has 0 saturated carbocycles. The fourth-order valence-corrected chi connectivity index (χ4v) is 1.54. The molecule has 0 aliphatic rings. The standard InChI is InChI=1S/C8H7IN4O3/c9-7-3-6(13(15)16)2-1-5(7)4-11-12-8(10)14/h1-4H,(H3,10,12,14). The largest absolute Gasteiger partial charge is 0.350 e. The molecule has 1 aromatic carbocycles. The van der Waals surface area contributed by atoms with E-state index >= 15 is 0 Å². The number of nitro groups is 1. The van der Waals surface area contributed by atoms with Gasteiger partial charge >= 0.3 is 6.03 Å². The molecule has 0 atom stereocenters. The first-order chi connectivity index (χ1) is 7.50. The maximum Gasteiger partial charge on any atom is 0.332 e. The molecule has 7 nitrogen and oxygen atoms in total. The Bertz CT molecular complexity index is 461. The van der Waals surface area contributed by atoms with Gasteiger partial charge in [-0.2, -0.15) is 5.10 Å². The van der Waals surface area contributed by atoms with Crippen LogP contribution >= 0.6 is 22.6 Å². The molecule has 8 heteroatoms. The van der Waals surface area contributed by atoms with Crippen molar-refractivity contribution in [2.45, 2.75) is 0 Å². The van der Waals surface area contributed by atoms with E-state index in [-0.39, 0.29) is 5.69 Å². The predicted octanol–water partition coefficient (Wildman–Crippen LogP) is 1.20. The molecule has 0 aromatic heterocycles. The molecule has 84 valence electrons. The summed E-state index contributed by atoms with van der Waals surface area (Å²) >= 11 is 1.94. The number of halogens is 1. The quantitative estimate of drug-likeness (QED) is 0.375. The lowest BCUT2D eigenvalue weighted by atomic mass is 10.2. The van der Waals surface area contributed by atoms with Gasteiger partial charge in [-0.25, -0.2) is 10.2 Å². The van der Waals surface area contributed by atoms with Crippen LogP contribution in [0.1, 0.15) is 5.56 Å². The first-order valence-electron chi connectivity index (χ1n) is 4.03. The van der Waals surface area contributed by atoms with Crippen molar-refractivity contribution >= 4 is 40.5 Å². The Morgan fingerprint density at radius 2 is 2.31 bits per heavy atom. The van der Waals surface area contributed by atoms with E-state index in [1.165, 1.54) is 24.4 Å². The Morgan fingerprint density at radius 1 is 1.62 bits per heavy atom. The molecule has 0 unspecified atom stereocenters. The van der Waals surface area contributed by atoms with Crippen LogP contribution in [0.5, 0.6) is 0 Å². The highest BCUT2D eigenvalue weighted by Gasteiger charge is 2.07. The van der Waals surface area contributed by atoms with Gasteiger partial charge < -0.3 is 5.73 Å². The van der Waals surface area contributed by atoms with E-state index in [2.05, 4.69) is 5.10 Å². The third kappa shape index (κ3) is 3.46. The summed E-state index contributed by atoms with van der Waals surface area (Å²) in [6, 6.07) is 3.53. The van der Waals surface area contributed by atoms with Gasteiger partial charge in [-0.1, -0.05) is 0 Å². The Kier molecular flexibility index (Phi) is 4.17. The van der Waals surface area contributed by atoms with Crippen molar-refractivity contribution in [1.29, 1.82) is 0 Å². The number of nitro benzene ring substituents is 1. The number of benzene rings is 1. The number of nitrogens with one attached hydrogen (secondary N) is 1. The normalized spacial score (nSPS) is 10.3. The maximum atomic E-state index is 10.5. The Morgan fingerprint density at radius 3 is 2.81 bits per heavy atom. The van der Waals surface area contributed by atoms with Crippen LogP contribution in [0, 0.1) is 13.7 Å². The van der Waals surface area contributed by atoms with Crippen molar-refractivity contribution in [2.24, 2.45) is 10.8 Å². The lowest BCUT2D eigenvalue weighted by molar-refractivity contribution is -0.384. The fraction of sp³-hybridized carbons (Fsp3) is 0. The number of non-ortho nitro benzene ring substituents is 1. The minimum Gasteiger partial charge on any atom is -0.350 e. The van der Waals surface area contributed by atoms with Crippen molar-refractivity contribution in [3.63, 3.8) is 0 Å². The Balaban J connectivity index is 2.87. The number of carbonyl (C=O) groups is 1. The second-order valence-electron chi connectivity index (χ2n) is 2.70. The summed E-state index contributed by atoms with van der Waals surface area (Å²) in [5.41, 5.74) is 7.49. The van der Waals surface area contributed by atoms with Crippen LogP contribution < -0.4 is 11.2 Å². The molecule has 0 spiro atoms. The summed E-state index contributed by atoms with van der Waals surface area (Å²) in [7, 11) is 0. The number of carbonyl (C=O) groups excluding carboxylic acids is 1. The fourth-order valence-electron chi connectivity index (χ4n) is 0.900. The maximum absolute atomic E-state index is 10.5. The molecule has 2 amide bonds. The zero-order valence-corrected chi connectivity index (χ0v) is 10.0. The van der Waals surface area contributed by atoms with E-state index in [0.717, 1.165) is 0 Å². The van der Waals surface area contributed by atoms with Crippen LogP contribution in [-0.2, 0) is 0 Å². The van der Waals surface area contributed by atoms with Gasteiger partial charge in [0.25, 0.3) is 5.69 Å². The van der Waals surface area contributed by atoms with Gasteiger partial charge in [0.2, 0.25) is 0 Å². The lowest BCUT2D eigenvalue weighted by Gasteiger charge is -1.98. The molecule has 0 fully saturated rings. The van der Waals surface area contributed by atoms with Gasteiger partial charge in [-0.15, -0.1) is 0 Å². The second-order valence-corrected chi connectivity index (χ2v) is 3.86. The number of hydrogen-bond acceptors (Lipinski definition) is 4. The zero-order valence-electron chi connectivity index (χ0n) is 7.88. The highest BCUT2D eigenvalue weighted by molar-refractivity contribution is 14.1. The van der Waals surface area contributed by atoms with Crippen LogP contribution in [0.4, 0.5) is 10.5 Å². The Labute approximate surface area is 104 Å². The molecule has 0 bridgehead atoms. The van der Waals surface area contributed by atoms with Gasteiger partial charge in [0.15, 0.2) is 0 Å². The molecule has 3 N–H and O–H groups in total. The van der Waals surface area contributed by atoms with E-state index < -0.39 is 11.0 Å².